The first-order chi connectivity index (χ1) is 10.1. The number of hydrogen-bond donors (Lipinski definition) is 3. The molecule has 21 heavy (non-hydrogen) atoms. The molecule has 0 unspecified atom stereocenters. The van der Waals surface area contributed by atoms with Crippen LogP contribution in [0.1, 0.15) is 54.7 Å². The predicted molar refractivity (Wildman–Crippen MR) is 82.1 cm³/mol. The Morgan fingerprint density at radius 3 is 2.76 bits per heavy atom. The van der Waals surface area contributed by atoms with E-state index in [-0.39, 0.29) is 5.91 Å². The summed E-state index contributed by atoms with van der Waals surface area (Å²) in [7, 11) is 0. The van der Waals surface area contributed by atoms with E-state index in [1.54, 1.807) is 0 Å². The predicted octanol–water partition coefficient (Wildman–Crippen LogP) is 1.33. The number of aromatic nitrogens is 2. The van der Waals surface area contributed by atoms with Gasteiger partial charge in [-0.1, -0.05) is 6.92 Å². The summed E-state index contributed by atoms with van der Waals surface area (Å²) in [6, 6.07) is 0. The van der Waals surface area contributed by atoms with Crippen LogP contribution in [0.2, 0.25) is 0 Å². The maximum atomic E-state index is 12.1. The molecule has 1 aromatic rings. The van der Waals surface area contributed by atoms with Gasteiger partial charge in [-0.05, 0) is 44.7 Å². The molecule has 2 heterocycles. The SMILES string of the molecule is CC1CCN(CCNC(=O)c2n[nH]c(C3CC3)c2N)CC1. The van der Waals surface area contributed by atoms with Gasteiger partial charge in [0.15, 0.2) is 5.69 Å². The fraction of sp³-hybridized carbons (Fsp3) is 0.733. The number of nitrogen functional groups attached to an aromatic ring is 1. The highest BCUT2D eigenvalue weighted by Gasteiger charge is 2.30. The van der Waals surface area contributed by atoms with Crippen LogP contribution < -0.4 is 11.1 Å². The van der Waals surface area contributed by atoms with Crippen LogP contribution in [0, 0.1) is 5.92 Å². The van der Waals surface area contributed by atoms with Gasteiger partial charge in [-0.3, -0.25) is 9.89 Å². The van der Waals surface area contributed by atoms with Gasteiger partial charge in [-0.2, -0.15) is 5.10 Å². The average molecular weight is 291 g/mol. The first-order valence-electron chi connectivity index (χ1n) is 7.99. The molecule has 1 aromatic heterocycles. The Morgan fingerprint density at radius 2 is 2.10 bits per heavy atom. The molecule has 1 saturated carbocycles. The van der Waals surface area contributed by atoms with Gasteiger partial charge in [-0.15, -0.1) is 0 Å². The number of anilines is 1. The minimum atomic E-state index is -0.166. The molecule has 6 nitrogen and oxygen atoms in total. The molecule has 0 bridgehead atoms. The van der Waals surface area contributed by atoms with E-state index in [1.807, 2.05) is 0 Å². The molecule has 2 fully saturated rings. The lowest BCUT2D eigenvalue weighted by Crippen LogP contribution is -2.39. The highest BCUT2D eigenvalue weighted by atomic mass is 16.1. The van der Waals surface area contributed by atoms with E-state index >= 15 is 0 Å². The van der Waals surface area contributed by atoms with Crippen LogP contribution in [0.15, 0.2) is 0 Å². The molecule has 4 N–H and O–H groups in total. The largest absolute Gasteiger partial charge is 0.395 e. The molecule has 6 heteroatoms. The molecule has 1 saturated heterocycles. The van der Waals surface area contributed by atoms with Crippen LogP contribution in [0.4, 0.5) is 5.69 Å². The van der Waals surface area contributed by atoms with E-state index in [9.17, 15) is 4.79 Å². The maximum absolute atomic E-state index is 12.1. The van der Waals surface area contributed by atoms with E-state index in [2.05, 4.69) is 27.3 Å². The Labute approximate surface area is 125 Å². The first kappa shape index (κ1) is 14.4. The zero-order chi connectivity index (χ0) is 14.8. The highest BCUT2D eigenvalue weighted by molar-refractivity contribution is 5.97. The molecule has 2 aliphatic rings. The van der Waals surface area contributed by atoms with Crippen molar-refractivity contribution in [3.63, 3.8) is 0 Å². The number of likely N-dealkylation sites (tertiary alicyclic amines) is 1. The summed E-state index contributed by atoms with van der Waals surface area (Å²) in [6.07, 6.45) is 4.79. The minimum Gasteiger partial charge on any atom is -0.395 e. The van der Waals surface area contributed by atoms with Gasteiger partial charge in [0.25, 0.3) is 5.91 Å². The van der Waals surface area contributed by atoms with Crippen molar-refractivity contribution in [3.05, 3.63) is 11.4 Å². The minimum absolute atomic E-state index is 0.166. The molecule has 1 amide bonds. The number of nitrogens with one attached hydrogen (secondary N) is 2. The van der Waals surface area contributed by atoms with Crippen molar-refractivity contribution in [1.29, 1.82) is 0 Å². The van der Waals surface area contributed by atoms with E-state index < -0.39 is 0 Å². The van der Waals surface area contributed by atoms with Crippen LogP contribution in [0.5, 0.6) is 0 Å². The summed E-state index contributed by atoms with van der Waals surface area (Å²) in [4.78, 5) is 14.5. The van der Waals surface area contributed by atoms with Gasteiger partial charge in [0.2, 0.25) is 0 Å². The van der Waals surface area contributed by atoms with Gasteiger partial charge in [0.1, 0.15) is 0 Å². The fourth-order valence-electron chi connectivity index (χ4n) is 2.92. The molecule has 0 radical (unpaired) electrons. The third-order valence-electron chi connectivity index (χ3n) is 4.62. The van der Waals surface area contributed by atoms with Gasteiger partial charge in [-0.25, -0.2) is 0 Å². The second-order valence-corrected chi connectivity index (χ2v) is 6.45. The van der Waals surface area contributed by atoms with Crippen molar-refractivity contribution in [3.8, 4) is 0 Å². The Bertz CT molecular complexity index is 500. The third-order valence-corrected chi connectivity index (χ3v) is 4.62. The van der Waals surface area contributed by atoms with Crippen molar-refractivity contribution in [2.45, 2.75) is 38.5 Å². The number of carbonyl (C=O) groups is 1. The zero-order valence-corrected chi connectivity index (χ0v) is 12.7. The fourth-order valence-corrected chi connectivity index (χ4v) is 2.92. The van der Waals surface area contributed by atoms with E-state index in [1.165, 1.54) is 12.8 Å². The van der Waals surface area contributed by atoms with E-state index in [0.29, 0.717) is 23.8 Å². The quantitative estimate of drug-likeness (QED) is 0.764. The molecule has 1 aliphatic heterocycles. The van der Waals surface area contributed by atoms with Crippen molar-refractivity contribution >= 4 is 11.6 Å². The lowest BCUT2D eigenvalue weighted by Gasteiger charge is -2.30. The number of rotatable bonds is 5. The van der Waals surface area contributed by atoms with Crippen molar-refractivity contribution in [1.82, 2.24) is 20.4 Å². The number of piperidine rings is 1. The van der Waals surface area contributed by atoms with Crippen LogP contribution >= 0.6 is 0 Å². The Morgan fingerprint density at radius 1 is 1.38 bits per heavy atom. The van der Waals surface area contributed by atoms with E-state index in [0.717, 1.165) is 44.1 Å². The standard InChI is InChI=1S/C15H25N5O/c1-10-4-7-20(8-5-10)9-6-17-15(21)14-12(16)13(18-19-14)11-2-3-11/h10-11H,2-9,16H2,1H3,(H,17,21)(H,18,19). The first-order valence-corrected chi connectivity index (χ1v) is 7.99. The topological polar surface area (TPSA) is 87.0 Å². The van der Waals surface area contributed by atoms with Gasteiger partial charge >= 0.3 is 0 Å². The second kappa shape index (κ2) is 6.05. The monoisotopic (exact) mass is 291 g/mol. The smallest absolute Gasteiger partial charge is 0.273 e. The molecule has 0 atom stereocenters. The number of nitrogens with two attached hydrogens (primary N) is 1. The average Bonchev–Trinajstić information content (AvgIpc) is 3.24. The maximum Gasteiger partial charge on any atom is 0.273 e. The Hall–Kier alpha value is -1.56. The number of carbonyl (C=O) groups excluding carboxylic acids is 1. The number of nitrogens with zero attached hydrogens (tertiary/aromatic N) is 2. The van der Waals surface area contributed by atoms with Crippen molar-refractivity contribution in [2.24, 2.45) is 5.92 Å². The number of hydrogen-bond acceptors (Lipinski definition) is 4. The van der Waals surface area contributed by atoms with Crippen molar-refractivity contribution < 1.29 is 4.79 Å². The number of H-pyrrole nitrogens is 1. The van der Waals surface area contributed by atoms with Gasteiger partial charge in [0, 0.05) is 19.0 Å². The third kappa shape index (κ3) is 3.37. The molecular formula is C15H25N5O. The number of amides is 1. The molecular weight excluding hydrogens is 266 g/mol. The highest BCUT2D eigenvalue weighted by Crippen LogP contribution is 2.42. The summed E-state index contributed by atoms with van der Waals surface area (Å²) in [5.41, 5.74) is 7.83. The van der Waals surface area contributed by atoms with Gasteiger partial charge < -0.3 is 16.0 Å². The Kier molecular flexibility index (Phi) is 4.14. The lowest BCUT2D eigenvalue weighted by atomic mass is 9.99. The van der Waals surface area contributed by atoms with Crippen LogP contribution in [-0.4, -0.2) is 47.2 Å². The second-order valence-electron chi connectivity index (χ2n) is 6.45. The molecule has 116 valence electrons. The van der Waals surface area contributed by atoms with Crippen LogP contribution in [-0.2, 0) is 0 Å². The summed E-state index contributed by atoms with van der Waals surface area (Å²) >= 11 is 0. The Balaban J connectivity index is 1.46. The summed E-state index contributed by atoms with van der Waals surface area (Å²) in [5, 5.41) is 9.92. The van der Waals surface area contributed by atoms with Crippen LogP contribution in [0.3, 0.4) is 0 Å². The summed E-state index contributed by atoms with van der Waals surface area (Å²) < 4.78 is 0. The van der Waals surface area contributed by atoms with Crippen molar-refractivity contribution in [2.75, 3.05) is 31.9 Å². The molecule has 3 rings (SSSR count). The zero-order valence-electron chi connectivity index (χ0n) is 12.7. The lowest BCUT2D eigenvalue weighted by molar-refractivity contribution is 0.0940. The van der Waals surface area contributed by atoms with E-state index in [4.69, 9.17) is 5.73 Å². The molecule has 1 aliphatic carbocycles. The normalized spacial score (nSPS) is 20.6. The van der Waals surface area contributed by atoms with Gasteiger partial charge in [0.05, 0.1) is 11.4 Å². The number of aromatic amines is 1. The molecule has 0 aromatic carbocycles. The summed E-state index contributed by atoms with van der Waals surface area (Å²) in [6.45, 7) is 6.12. The summed E-state index contributed by atoms with van der Waals surface area (Å²) in [5.74, 6) is 1.15. The van der Waals surface area contributed by atoms with Crippen LogP contribution in [0.25, 0.3) is 0 Å². The molecule has 0 spiro atoms.